The van der Waals surface area contributed by atoms with Crippen molar-refractivity contribution in [2.75, 3.05) is 13.1 Å². The Kier molecular flexibility index (Phi) is 5.70. The van der Waals surface area contributed by atoms with Crippen molar-refractivity contribution in [3.63, 3.8) is 0 Å². The Hall–Kier alpha value is -1.56. The topological polar surface area (TPSA) is 110 Å². The first-order valence-electron chi connectivity index (χ1n) is 7.26. The molecule has 0 aliphatic carbocycles. The third-order valence-corrected chi connectivity index (χ3v) is 4.76. The summed E-state index contributed by atoms with van der Waals surface area (Å²) in [4.78, 5) is 24.5. The molecule has 1 saturated heterocycles. The van der Waals surface area contributed by atoms with E-state index in [0.717, 1.165) is 4.90 Å². The molecule has 1 N–H and O–H groups in total. The number of nitrogens with zero attached hydrogens (tertiary/aromatic N) is 1. The molecular weight excluding hydrogens is 371 g/mol. The highest BCUT2D eigenvalue weighted by Crippen LogP contribution is 2.40. The van der Waals surface area contributed by atoms with Crippen molar-refractivity contribution in [3.8, 4) is 0 Å². The van der Waals surface area contributed by atoms with Crippen LogP contribution in [0.1, 0.15) is 34.1 Å². The molecule has 1 aliphatic rings. The summed E-state index contributed by atoms with van der Waals surface area (Å²) < 4.78 is 69.4. The average Bonchev–Trinajstić information content (AvgIpc) is 2.74. The molecule has 25 heavy (non-hydrogen) atoms. The van der Waals surface area contributed by atoms with Gasteiger partial charge >= 0.3 is 27.7 Å². The van der Waals surface area contributed by atoms with Crippen LogP contribution in [0.5, 0.6) is 0 Å². The lowest BCUT2D eigenvalue weighted by Gasteiger charge is -2.28. The Morgan fingerprint density at radius 1 is 1.28 bits per heavy atom. The van der Waals surface area contributed by atoms with Crippen molar-refractivity contribution >= 4 is 22.2 Å². The maximum atomic E-state index is 12.6. The van der Waals surface area contributed by atoms with Crippen LogP contribution in [0, 0.1) is 5.41 Å². The molecule has 2 atom stereocenters. The van der Waals surface area contributed by atoms with Crippen LogP contribution in [0.3, 0.4) is 0 Å². The van der Waals surface area contributed by atoms with Crippen molar-refractivity contribution < 1.29 is 45.2 Å². The van der Waals surface area contributed by atoms with Crippen molar-refractivity contribution in [1.82, 2.24) is 4.90 Å². The van der Waals surface area contributed by atoms with Gasteiger partial charge in [-0.15, -0.1) is 0 Å². The zero-order valence-corrected chi connectivity index (χ0v) is 14.9. The van der Waals surface area contributed by atoms with Gasteiger partial charge in [-0.1, -0.05) is 6.92 Å². The van der Waals surface area contributed by atoms with Gasteiger partial charge in [-0.25, -0.2) is 4.79 Å². The fourth-order valence-corrected chi connectivity index (χ4v) is 3.03. The van der Waals surface area contributed by atoms with Gasteiger partial charge in [0.05, 0.1) is 6.54 Å². The van der Waals surface area contributed by atoms with E-state index in [1.807, 2.05) is 0 Å². The van der Waals surface area contributed by atoms with Crippen LogP contribution < -0.4 is 0 Å². The number of carboxylic acids is 1. The second-order valence-corrected chi connectivity index (χ2v) is 8.22. The molecule has 0 bridgehead atoms. The summed E-state index contributed by atoms with van der Waals surface area (Å²) in [5.41, 5.74) is -8.63. The number of hydrogen-bond donors (Lipinski definition) is 1. The highest BCUT2D eigenvalue weighted by molar-refractivity contribution is 7.87. The summed E-state index contributed by atoms with van der Waals surface area (Å²) >= 11 is 0. The van der Waals surface area contributed by atoms with Gasteiger partial charge in [0.15, 0.2) is 0 Å². The number of halogens is 3. The minimum Gasteiger partial charge on any atom is -0.481 e. The van der Waals surface area contributed by atoms with E-state index in [1.165, 1.54) is 6.92 Å². The van der Waals surface area contributed by atoms with Crippen LogP contribution >= 0.6 is 0 Å². The summed E-state index contributed by atoms with van der Waals surface area (Å²) in [5, 5.41) is 9.43. The number of carbonyl (C=O) groups is 2. The molecule has 0 spiro atoms. The Morgan fingerprint density at radius 2 is 1.80 bits per heavy atom. The molecule has 146 valence electrons. The van der Waals surface area contributed by atoms with Crippen LogP contribution in [0.15, 0.2) is 0 Å². The number of hydrogen-bond acceptors (Lipinski definition) is 6. The second kappa shape index (κ2) is 6.63. The quantitative estimate of drug-likeness (QED) is 0.576. The van der Waals surface area contributed by atoms with Gasteiger partial charge in [-0.3, -0.25) is 8.98 Å². The molecule has 1 fully saturated rings. The molecule has 1 aliphatic heterocycles. The first-order chi connectivity index (χ1) is 11.1. The maximum Gasteiger partial charge on any atom is 0.523 e. The molecule has 12 heteroatoms. The molecule has 0 radical (unpaired) electrons. The normalized spacial score (nSPS) is 25.1. The Bertz CT molecular complexity index is 641. The molecule has 1 amide bonds. The largest absolute Gasteiger partial charge is 0.523 e. The Morgan fingerprint density at radius 3 is 2.16 bits per heavy atom. The minimum atomic E-state index is -6.02. The van der Waals surface area contributed by atoms with E-state index in [9.17, 15) is 36.3 Å². The number of amides is 1. The van der Waals surface area contributed by atoms with E-state index in [-0.39, 0.29) is 6.42 Å². The molecule has 2 unspecified atom stereocenters. The summed E-state index contributed by atoms with van der Waals surface area (Å²) in [6.07, 6.45) is -3.11. The fraction of sp³-hybridized carbons (Fsp3) is 0.846. The predicted octanol–water partition coefficient (Wildman–Crippen LogP) is 1.95. The highest BCUT2D eigenvalue weighted by Gasteiger charge is 2.59. The van der Waals surface area contributed by atoms with E-state index in [2.05, 4.69) is 4.18 Å². The number of aliphatic carboxylic acids is 1. The average molecular weight is 391 g/mol. The van der Waals surface area contributed by atoms with Crippen LogP contribution in [0.2, 0.25) is 0 Å². The smallest absolute Gasteiger partial charge is 0.481 e. The van der Waals surface area contributed by atoms with E-state index >= 15 is 0 Å². The van der Waals surface area contributed by atoms with Crippen LogP contribution in [-0.2, 0) is 23.8 Å². The first-order valence-corrected chi connectivity index (χ1v) is 8.67. The first kappa shape index (κ1) is 21.5. The predicted molar refractivity (Wildman–Crippen MR) is 78.0 cm³/mol. The van der Waals surface area contributed by atoms with Crippen molar-refractivity contribution in [3.05, 3.63) is 0 Å². The van der Waals surface area contributed by atoms with Crippen LogP contribution in [0.4, 0.5) is 18.0 Å². The number of likely N-dealkylation sites (tertiary alicyclic amines) is 1. The minimum absolute atomic E-state index is 0.250. The second-order valence-electron chi connectivity index (χ2n) is 6.66. The van der Waals surface area contributed by atoms with E-state index in [4.69, 9.17) is 4.74 Å². The van der Waals surface area contributed by atoms with E-state index < -0.39 is 57.9 Å². The molecule has 0 aromatic rings. The summed E-state index contributed by atoms with van der Waals surface area (Å²) in [5.74, 6) is -1.57. The number of carboxylic acid groups (broad SMARTS) is 1. The maximum absolute atomic E-state index is 12.6. The Balaban J connectivity index is 3.17. The SMILES string of the molecule is CCC1(C(=O)O)CN(C(=O)OC(C)(C)C)CC1OS(=O)(=O)C(F)(F)F. The molecule has 0 aromatic heterocycles. The van der Waals surface area contributed by atoms with Crippen LogP contribution in [0.25, 0.3) is 0 Å². The number of rotatable bonds is 4. The van der Waals surface area contributed by atoms with Gasteiger partial charge in [0.2, 0.25) is 0 Å². The lowest BCUT2D eigenvalue weighted by molar-refractivity contribution is -0.153. The summed E-state index contributed by atoms with van der Waals surface area (Å²) in [6, 6.07) is 0. The van der Waals surface area contributed by atoms with Gasteiger partial charge in [0, 0.05) is 6.54 Å². The van der Waals surface area contributed by atoms with E-state index in [0.29, 0.717) is 0 Å². The number of alkyl halides is 3. The molecule has 1 rings (SSSR count). The molecule has 1 heterocycles. The number of ether oxygens (including phenoxy) is 1. The lowest BCUT2D eigenvalue weighted by atomic mass is 9.82. The van der Waals surface area contributed by atoms with Gasteiger partial charge in [0.25, 0.3) is 0 Å². The number of carbonyl (C=O) groups excluding carboxylic acids is 1. The Labute approximate surface area is 143 Å². The van der Waals surface area contributed by atoms with Crippen molar-refractivity contribution in [2.45, 2.75) is 51.3 Å². The van der Waals surface area contributed by atoms with E-state index in [1.54, 1.807) is 20.8 Å². The van der Waals surface area contributed by atoms with Gasteiger partial charge in [0.1, 0.15) is 17.1 Å². The third-order valence-electron chi connectivity index (χ3n) is 3.71. The van der Waals surface area contributed by atoms with Gasteiger partial charge < -0.3 is 14.7 Å². The fourth-order valence-electron chi connectivity index (χ4n) is 2.37. The molecule has 8 nitrogen and oxygen atoms in total. The van der Waals surface area contributed by atoms with Gasteiger partial charge in [-0.2, -0.15) is 21.6 Å². The van der Waals surface area contributed by atoms with Crippen LogP contribution in [-0.4, -0.2) is 60.8 Å². The van der Waals surface area contributed by atoms with Crippen molar-refractivity contribution in [1.29, 1.82) is 0 Å². The van der Waals surface area contributed by atoms with Crippen molar-refractivity contribution in [2.24, 2.45) is 5.41 Å². The molecule has 0 saturated carbocycles. The lowest BCUT2D eigenvalue weighted by Crippen LogP contribution is -2.45. The molecular formula is C13H20F3NO7S. The van der Waals surface area contributed by atoms with Gasteiger partial charge in [-0.05, 0) is 27.2 Å². The zero-order valence-electron chi connectivity index (χ0n) is 14.1. The standard InChI is InChI=1S/C13H20F3NO7S/c1-5-12(9(18)19)7-17(10(20)23-11(2,3)4)6-8(12)24-25(21,22)13(14,15)16/h8H,5-7H2,1-4H3,(H,18,19). The monoisotopic (exact) mass is 391 g/mol. The summed E-state index contributed by atoms with van der Waals surface area (Å²) in [7, 11) is -6.02. The third kappa shape index (κ3) is 4.54. The molecule has 0 aromatic carbocycles. The summed E-state index contributed by atoms with van der Waals surface area (Å²) in [6.45, 7) is 4.80. The zero-order chi connectivity index (χ0) is 19.8. The highest BCUT2D eigenvalue weighted by atomic mass is 32.2.